The quantitative estimate of drug-likeness (QED) is 0.173. The Bertz CT molecular complexity index is 1020. The van der Waals surface area contributed by atoms with E-state index in [1.807, 2.05) is 0 Å². The molecule has 1 heterocycles. The number of hydrogen-bond donors (Lipinski definition) is 0. The minimum Gasteiger partial charge on any atom is -0.320 e. The molecule has 38 heavy (non-hydrogen) atoms. The van der Waals surface area contributed by atoms with E-state index < -0.39 is 5.41 Å². The van der Waals surface area contributed by atoms with E-state index in [0.29, 0.717) is 11.3 Å². The molecule has 3 aliphatic rings. The molecule has 1 saturated heterocycles. The minimum absolute atomic E-state index is 0.549. The summed E-state index contributed by atoms with van der Waals surface area (Å²) in [6, 6.07) is 25.8. The molecule has 2 aromatic carbocycles. The predicted octanol–water partition coefficient (Wildman–Crippen LogP) is 9.19. The number of nitrogens with zero attached hydrogens (tertiary/aromatic N) is 2. The van der Waals surface area contributed by atoms with Crippen LogP contribution in [0.3, 0.4) is 0 Å². The molecule has 0 bridgehead atoms. The van der Waals surface area contributed by atoms with E-state index in [-0.39, 0.29) is 0 Å². The van der Waals surface area contributed by atoms with Crippen molar-refractivity contribution in [3.63, 3.8) is 0 Å². The van der Waals surface area contributed by atoms with Crippen LogP contribution in [-0.2, 0) is 5.41 Å². The first-order valence-electron chi connectivity index (χ1n) is 16.0. The summed E-state index contributed by atoms with van der Waals surface area (Å²) in [6.45, 7) is 3.68. The van der Waals surface area contributed by atoms with Gasteiger partial charge in [-0.15, -0.1) is 0 Å². The maximum Gasteiger partial charge on any atom is 0.107 e. The third kappa shape index (κ3) is 4.97. The number of hydrogen-bond acceptors (Lipinski definition) is 1. The lowest BCUT2D eigenvalue weighted by atomic mass is 9.51. The second-order valence-corrected chi connectivity index (χ2v) is 13.3. The fourth-order valence-electron chi connectivity index (χ4n) is 9.29. The third-order valence-electron chi connectivity index (χ3n) is 11.2. The molecule has 3 fully saturated rings. The highest BCUT2D eigenvalue weighted by atomic mass is 15.5. The number of unbranched alkanes of at least 4 members (excludes halogenated alkanes) is 9. The van der Waals surface area contributed by atoms with Crippen molar-refractivity contribution in [2.24, 2.45) is 11.3 Å². The maximum atomic E-state index is 10.7. The first kappa shape index (κ1) is 27.5. The van der Waals surface area contributed by atoms with Gasteiger partial charge in [-0.1, -0.05) is 119 Å². The first-order chi connectivity index (χ1) is 18.6. The molecular formula is C36H51N2+. The fraction of sp³-hybridized carbons (Fsp3) is 0.639. The summed E-state index contributed by atoms with van der Waals surface area (Å²) in [5.74, 6) is 0.635. The molecule has 1 aliphatic heterocycles. The number of quaternary nitrogens is 1. The fourth-order valence-corrected chi connectivity index (χ4v) is 9.29. The van der Waals surface area contributed by atoms with Gasteiger partial charge in [-0.2, -0.15) is 5.26 Å². The van der Waals surface area contributed by atoms with Gasteiger partial charge in [0.05, 0.1) is 25.1 Å². The van der Waals surface area contributed by atoms with Gasteiger partial charge >= 0.3 is 0 Å². The molecule has 5 atom stereocenters. The Hall–Kier alpha value is -2.11. The van der Waals surface area contributed by atoms with Crippen molar-refractivity contribution in [1.29, 1.82) is 5.26 Å². The van der Waals surface area contributed by atoms with Crippen LogP contribution in [0, 0.1) is 22.7 Å². The van der Waals surface area contributed by atoms with Crippen LogP contribution < -0.4 is 0 Å². The molecule has 2 aromatic rings. The van der Waals surface area contributed by atoms with E-state index >= 15 is 0 Å². The summed E-state index contributed by atoms with van der Waals surface area (Å²) in [5.41, 5.74) is 2.37. The molecular weight excluding hydrogens is 460 g/mol. The largest absolute Gasteiger partial charge is 0.320 e. The molecule has 0 radical (unpaired) electrons. The van der Waals surface area contributed by atoms with Gasteiger partial charge in [-0.05, 0) is 49.1 Å². The van der Waals surface area contributed by atoms with Gasteiger partial charge < -0.3 is 4.48 Å². The highest BCUT2D eigenvalue weighted by Gasteiger charge is 2.77. The Labute approximate surface area is 233 Å². The smallest absolute Gasteiger partial charge is 0.107 e. The Morgan fingerprint density at radius 2 is 1.37 bits per heavy atom. The average molecular weight is 512 g/mol. The molecule has 5 rings (SSSR count). The van der Waals surface area contributed by atoms with Crippen molar-refractivity contribution < 1.29 is 4.48 Å². The van der Waals surface area contributed by atoms with Crippen LogP contribution in [0.15, 0.2) is 60.7 Å². The number of piperidine rings is 1. The molecule has 0 aromatic heterocycles. The Balaban J connectivity index is 1.19. The average Bonchev–Trinajstić information content (AvgIpc) is 3.33. The van der Waals surface area contributed by atoms with E-state index in [1.165, 1.54) is 112 Å². The lowest BCUT2D eigenvalue weighted by Crippen LogP contribution is -2.83. The minimum atomic E-state index is -0.549. The molecule has 2 saturated carbocycles. The number of nitriles is 1. The van der Waals surface area contributed by atoms with Gasteiger partial charge in [0.25, 0.3) is 0 Å². The second-order valence-electron chi connectivity index (χ2n) is 13.3. The van der Waals surface area contributed by atoms with Gasteiger partial charge in [0.15, 0.2) is 0 Å². The van der Waals surface area contributed by atoms with Crippen LogP contribution in [0.1, 0.15) is 114 Å². The van der Waals surface area contributed by atoms with E-state index in [1.54, 1.807) is 0 Å². The Kier molecular flexibility index (Phi) is 8.64. The zero-order valence-electron chi connectivity index (χ0n) is 24.2. The van der Waals surface area contributed by atoms with Crippen LogP contribution in [0.25, 0.3) is 0 Å². The zero-order valence-corrected chi connectivity index (χ0v) is 24.2. The molecule has 204 valence electrons. The van der Waals surface area contributed by atoms with Crippen LogP contribution in [0.2, 0.25) is 0 Å². The van der Waals surface area contributed by atoms with Crippen LogP contribution in [0.5, 0.6) is 0 Å². The summed E-state index contributed by atoms with van der Waals surface area (Å²) >= 11 is 0. The van der Waals surface area contributed by atoms with Crippen LogP contribution in [-0.4, -0.2) is 30.2 Å². The SMILES string of the molecule is CCCCCCCCCCCC[N+]1(C)[C@H]2CCC23C[C@@H](CC(C#N)(c2ccccc2)c2ccccc2)C[C@@H]31. The van der Waals surface area contributed by atoms with Gasteiger partial charge in [0.1, 0.15) is 17.5 Å². The van der Waals surface area contributed by atoms with Crippen molar-refractivity contribution in [2.75, 3.05) is 13.6 Å². The molecule has 2 aliphatic carbocycles. The lowest BCUT2D eigenvalue weighted by molar-refractivity contribution is -1.03. The predicted molar refractivity (Wildman–Crippen MR) is 159 cm³/mol. The summed E-state index contributed by atoms with van der Waals surface area (Å²) in [6.07, 6.45) is 20.7. The van der Waals surface area contributed by atoms with Crippen molar-refractivity contribution in [1.82, 2.24) is 0 Å². The highest BCUT2D eigenvalue weighted by molar-refractivity contribution is 5.46. The zero-order chi connectivity index (χ0) is 26.5. The summed E-state index contributed by atoms with van der Waals surface area (Å²) in [4.78, 5) is 0. The van der Waals surface area contributed by atoms with E-state index in [9.17, 15) is 5.26 Å². The Morgan fingerprint density at radius 1 is 0.816 bits per heavy atom. The Morgan fingerprint density at radius 3 is 1.87 bits per heavy atom. The standard InChI is InChI=1S/C36H51N2/c1-3-4-5-6-7-8-9-10-11-18-25-38(2)33-23-24-35(33)27-30(26-34(35)38)28-36(29-37,31-19-14-12-15-20-31)32-21-16-13-17-22-32/h12-17,19-22,30,33-34H,3-11,18,23-28H2,1-2H3/q+1/t30-,33-,34-,35?,38?/m0/s1. The molecule has 0 amide bonds. The van der Waals surface area contributed by atoms with Gasteiger partial charge in [-0.3, -0.25) is 0 Å². The van der Waals surface area contributed by atoms with E-state index in [4.69, 9.17) is 0 Å². The topological polar surface area (TPSA) is 23.8 Å². The number of benzene rings is 2. The number of likely N-dealkylation sites (tertiary alicyclic amines) is 1. The molecule has 1 spiro atoms. The first-order valence-corrected chi connectivity index (χ1v) is 16.0. The summed E-state index contributed by atoms with van der Waals surface area (Å²) in [5, 5.41) is 10.7. The number of rotatable bonds is 15. The molecule has 2 unspecified atom stereocenters. The maximum absolute atomic E-state index is 10.7. The lowest BCUT2D eigenvalue weighted by Gasteiger charge is -2.71. The molecule has 2 nitrogen and oxygen atoms in total. The van der Waals surface area contributed by atoms with E-state index in [0.717, 1.165) is 18.5 Å². The molecule has 2 heteroatoms. The van der Waals surface area contributed by atoms with Gasteiger partial charge in [0.2, 0.25) is 0 Å². The normalized spacial score (nSPS) is 29.6. The van der Waals surface area contributed by atoms with Crippen LogP contribution in [0.4, 0.5) is 0 Å². The molecule has 0 N–H and O–H groups in total. The highest BCUT2D eigenvalue weighted by Crippen LogP contribution is 2.70. The van der Waals surface area contributed by atoms with Crippen molar-refractivity contribution in [2.45, 2.75) is 121 Å². The van der Waals surface area contributed by atoms with Gasteiger partial charge in [-0.25, -0.2) is 0 Å². The van der Waals surface area contributed by atoms with E-state index in [2.05, 4.69) is 80.7 Å². The van der Waals surface area contributed by atoms with Crippen molar-refractivity contribution >= 4 is 0 Å². The monoisotopic (exact) mass is 511 g/mol. The second kappa shape index (κ2) is 12.0. The summed E-state index contributed by atoms with van der Waals surface area (Å²) < 4.78 is 1.34. The van der Waals surface area contributed by atoms with Crippen LogP contribution >= 0.6 is 0 Å². The van der Waals surface area contributed by atoms with Crippen molar-refractivity contribution in [3.05, 3.63) is 71.8 Å². The van der Waals surface area contributed by atoms with Crippen molar-refractivity contribution in [3.8, 4) is 6.07 Å². The van der Waals surface area contributed by atoms with Gasteiger partial charge in [0, 0.05) is 12.8 Å². The third-order valence-corrected chi connectivity index (χ3v) is 11.2. The summed E-state index contributed by atoms with van der Waals surface area (Å²) in [7, 11) is 2.59.